The van der Waals surface area contributed by atoms with Crippen LogP contribution in [0.5, 0.6) is 0 Å². The Morgan fingerprint density at radius 1 is 1.33 bits per heavy atom. The lowest BCUT2D eigenvalue weighted by molar-refractivity contribution is -0.112. The minimum Gasteiger partial charge on any atom is -0.472 e. The number of aryl methyl sites for hydroxylation is 1. The molecule has 3 rings (SSSR count). The topological polar surface area (TPSA) is 70.8 Å². The first-order valence-electron chi connectivity index (χ1n) is 7.83. The first-order valence-corrected chi connectivity index (χ1v) is 10.1. The summed E-state index contributed by atoms with van der Waals surface area (Å²) in [4.78, 5) is 13.6. The van der Waals surface area contributed by atoms with Gasteiger partial charge in [-0.05, 0) is 23.4 Å². The van der Waals surface area contributed by atoms with Crippen LogP contribution in [0.25, 0.3) is 0 Å². The van der Waals surface area contributed by atoms with Gasteiger partial charge >= 0.3 is 0 Å². The summed E-state index contributed by atoms with van der Waals surface area (Å²) in [7, 11) is -3.60. The summed E-state index contributed by atoms with van der Waals surface area (Å²) in [6.45, 7) is 4.01. The molecule has 1 saturated heterocycles. The fraction of sp³-hybridized carbons (Fsp3) is 0.438. The molecule has 2 aromatic rings. The number of sulfonamides is 1. The second kappa shape index (κ2) is 7.18. The SMILES string of the molecule is CCc1cocc1CN1CCN(S(=O)(=O)c2cccs2)C(C=O)C1. The van der Waals surface area contributed by atoms with Crippen molar-refractivity contribution in [2.45, 2.75) is 30.1 Å². The molecule has 3 heterocycles. The Kier molecular flexibility index (Phi) is 5.19. The molecule has 0 amide bonds. The molecule has 1 aliphatic rings. The Labute approximate surface area is 145 Å². The molecule has 24 heavy (non-hydrogen) atoms. The maximum absolute atomic E-state index is 12.7. The number of hydrogen-bond donors (Lipinski definition) is 0. The highest BCUT2D eigenvalue weighted by atomic mass is 32.2. The third kappa shape index (κ3) is 3.32. The van der Waals surface area contributed by atoms with Gasteiger partial charge in [-0.15, -0.1) is 11.3 Å². The molecule has 1 fully saturated rings. The molecule has 0 aromatic carbocycles. The standard InChI is InChI=1S/C16H20N2O4S2/c1-2-13-11-22-12-14(13)8-17-5-6-18(15(9-17)10-19)24(20,21)16-4-3-7-23-16/h3-4,7,10-12,15H,2,5-6,8-9H2,1H3. The second-order valence-electron chi connectivity index (χ2n) is 5.76. The van der Waals surface area contributed by atoms with Crippen LogP contribution in [0.4, 0.5) is 0 Å². The summed E-state index contributed by atoms with van der Waals surface area (Å²) >= 11 is 1.17. The highest BCUT2D eigenvalue weighted by Gasteiger charge is 2.36. The predicted octanol–water partition coefficient (Wildman–Crippen LogP) is 1.98. The zero-order chi connectivity index (χ0) is 17.2. The third-order valence-electron chi connectivity index (χ3n) is 4.27. The first-order chi connectivity index (χ1) is 11.6. The van der Waals surface area contributed by atoms with Crippen molar-refractivity contribution >= 4 is 27.6 Å². The number of rotatable bonds is 6. The molecule has 0 saturated carbocycles. The van der Waals surface area contributed by atoms with Crippen molar-refractivity contribution in [1.82, 2.24) is 9.21 Å². The highest BCUT2D eigenvalue weighted by molar-refractivity contribution is 7.91. The van der Waals surface area contributed by atoms with Gasteiger partial charge in [0.05, 0.1) is 18.6 Å². The Morgan fingerprint density at radius 2 is 2.12 bits per heavy atom. The molecular weight excluding hydrogens is 348 g/mol. The van der Waals surface area contributed by atoms with Gasteiger partial charge in [0.1, 0.15) is 10.5 Å². The van der Waals surface area contributed by atoms with E-state index >= 15 is 0 Å². The average Bonchev–Trinajstić information content (AvgIpc) is 3.26. The molecule has 0 N–H and O–H groups in total. The molecule has 0 spiro atoms. The van der Waals surface area contributed by atoms with E-state index in [0.717, 1.165) is 23.8 Å². The summed E-state index contributed by atoms with van der Waals surface area (Å²) in [5.74, 6) is 0. The van der Waals surface area contributed by atoms with Gasteiger partial charge in [-0.1, -0.05) is 13.0 Å². The van der Waals surface area contributed by atoms with Gasteiger partial charge in [-0.2, -0.15) is 4.31 Å². The summed E-state index contributed by atoms with van der Waals surface area (Å²) in [6.07, 6.45) is 5.08. The number of carbonyl (C=O) groups excluding carboxylic acids is 1. The van der Waals surface area contributed by atoms with Crippen LogP contribution in [0.3, 0.4) is 0 Å². The van der Waals surface area contributed by atoms with Crippen LogP contribution in [0, 0.1) is 0 Å². The van der Waals surface area contributed by atoms with E-state index in [2.05, 4.69) is 11.8 Å². The fourth-order valence-corrected chi connectivity index (χ4v) is 5.64. The van der Waals surface area contributed by atoms with Crippen molar-refractivity contribution in [3.05, 3.63) is 41.2 Å². The van der Waals surface area contributed by atoms with Crippen LogP contribution in [0.1, 0.15) is 18.1 Å². The molecule has 2 aromatic heterocycles. The molecule has 1 atom stereocenters. The Bertz CT molecular complexity index is 783. The average molecular weight is 368 g/mol. The summed E-state index contributed by atoms with van der Waals surface area (Å²) in [6, 6.07) is 2.62. The van der Waals surface area contributed by atoms with Crippen LogP contribution in [0.2, 0.25) is 0 Å². The van der Waals surface area contributed by atoms with Gasteiger partial charge in [0.25, 0.3) is 10.0 Å². The highest BCUT2D eigenvalue weighted by Crippen LogP contribution is 2.25. The number of aldehydes is 1. The molecule has 8 heteroatoms. The smallest absolute Gasteiger partial charge is 0.253 e. The van der Waals surface area contributed by atoms with E-state index in [0.29, 0.717) is 26.2 Å². The number of hydrogen-bond acceptors (Lipinski definition) is 6. The normalized spacial score (nSPS) is 20.3. The summed E-state index contributed by atoms with van der Waals surface area (Å²) in [5, 5.41) is 1.73. The molecular formula is C16H20N2O4S2. The number of furan rings is 1. The maximum atomic E-state index is 12.7. The van der Waals surface area contributed by atoms with Gasteiger partial charge in [0.2, 0.25) is 0 Å². The molecule has 0 aliphatic carbocycles. The van der Waals surface area contributed by atoms with Gasteiger partial charge in [0.15, 0.2) is 0 Å². The largest absolute Gasteiger partial charge is 0.472 e. The van der Waals surface area contributed by atoms with Crippen LogP contribution < -0.4 is 0 Å². The molecule has 1 aliphatic heterocycles. The monoisotopic (exact) mass is 368 g/mol. The van der Waals surface area contributed by atoms with Crippen molar-refractivity contribution in [3.63, 3.8) is 0 Å². The van der Waals surface area contributed by atoms with Gasteiger partial charge in [-0.3, -0.25) is 4.90 Å². The van der Waals surface area contributed by atoms with Crippen molar-refractivity contribution in [3.8, 4) is 0 Å². The Hall–Kier alpha value is -1.48. The molecule has 0 bridgehead atoms. The van der Waals surface area contributed by atoms with Crippen molar-refractivity contribution in [2.24, 2.45) is 0 Å². The van der Waals surface area contributed by atoms with Crippen molar-refractivity contribution in [1.29, 1.82) is 0 Å². The lowest BCUT2D eigenvalue weighted by atomic mass is 10.1. The van der Waals surface area contributed by atoms with E-state index in [-0.39, 0.29) is 4.21 Å². The van der Waals surface area contributed by atoms with E-state index in [1.807, 2.05) is 0 Å². The van der Waals surface area contributed by atoms with E-state index in [9.17, 15) is 13.2 Å². The summed E-state index contributed by atoms with van der Waals surface area (Å²) in [5.41, 5.74) is 2.24. The number of piperazine rings is 1. The molecule has 0 radical (unpaired) electrons. The van der Waals surface area contributed by atoms with Gasteiger partial charge < -0.3 is 9.21 Å². The van der Waals surface area contributed by atoms with Gasteiger partial charge in [-0.25, -0.2) is 8.42 Å². The van der Waals surface area contributed by atoms with Crippen LogP contribution in [-0.2, 0) is 27.8 Å². The fourth-order valence-electron chi connectivity index (χ4n) is 2.97. The minimum atomic E-state index is -3.60. The lowest BCUT2D eigenvalue weighted by Crippen LogP contribution is -2.55. The zero-order valence-corrected chi connectivity index (χ0v) is 15.1. The number of carbonyl (C=O) groups is 1. The maximum Gasteiger partial charge on any atom is 0.253 e. The van der Waals surface area contributed by atoms with Crippen LogP contribution in [-0.4, -0.2) is 49.6 Å². The van der Waals surface area contributed by atoms with E-state index in [1.54, 1.807) is 30.0 Å². The quantitative estimate of drug-likeness (QED) is 0.729. The predicted molar refractivity (Wildman–Crippen MR) is 91.4 cm³/mol. The molecule has 6 nitrogen and oxygen atoms in total. The zero-order valence-electron chi connectivity index (χ0n) is 13.4. The van der Waals surface area contributed by atoms with E-state index in [1.165, 1.54) is 15.6 Å². The van der Waals surface area contributed by atoms with Crippen LogP contribution >= 0.6 is 11.3 Å². The first kappa shape index (κ1) is 17.3. The third-order valence-corrected chi connectivity index (χ3v) is 7.57. The number of nitrogens with zero attached hydrogens (tertiary/aromatic N) is 2. The summed E-state index contributed by atoms with van der Waals surface area (Å²) < 4.78 is 32.2. The van der Waals surface area contributed by atoms with Crippen molar-refractivity contribution in [2.75, 3.05) is 19.6 Å². The lowest BCUT2D eigenvalue weighted by Gasteiger charge is -2.37. The Morgan fingerprint density at radius 3 is 2.79 bits per heavy atom. The second-order valence-corrected chi connectivity index (χ2v) is 8.83. The number of thiophene rings is 1. The minimum absolute atomic E-state index is 0.283. The van der Waals surface area contributed by atoms with E-state index in [4.69, 9.17) is 4.42 Å². The van der Waals surface area contributed by atoms with Crippen molar-refractivity contribution < 1.29 is 17.6 Å². The van der Waals surface area contributed by atoms with E-state index < -0.39 is 16.1 Å². The molecule has 130 valence electrons. The Balaban J connectivity index is 1.74. The molecule has 1 unspecified atom stereocenters. The van der Waals surface area contributed by atoms with Crippen LogP contribution in [0.15, 0.2) is 38.7 Å². The van der Waals surface area contributed by atoms with Gasteiger partial charge in [0, 0.05) is 31.7 Å².